The fraction of sp³-hybridized carbons (Fsp3) is 0.636. The second-order valence-corrected chi connectivity index (χ2v) is 4.56. The van der Waals surface area contributed by atoms with Crippen LogP contribution in [0.15, 0.2) is 12.1 Å². The molecule has 0 fully saturated rings. The largest absolute Gasteiger partial charge is 0.487 e. The number of nitrogens with zero attached hydrogens (tertiary/aromatic N) is 1. The van der Waals surface area contributed by atoms with E-state index in [1.807, 2.05) is 6.07 Å². The van der Waals surface area contributed by atoms with Crippen LogP contribution in [-0.2, 0) is 6.54 Å². The second-order valence-electron chi connectivity index (χ2n) is 3.42. The zero-order valence-corrected chi connectivity index (χ0v) is 10.2. The van der Waals surface area contributed by atoms with Crippen LogP contribution < -0.4 is 4.74 Å². The van der Waals surface area contributed by atoms with E-state index in [0.717, 1.165) is 31.1 Å². The number of aliphatic hydroxyl groups excluding tert-OH is 1. The molecule has 0 amide bonds. The molecular weight excluding hydrogens is 210 g/mol. The van der Waals surface area contributed by atoms with E-state index in [9.17, 15) is 0 Å². The van der Waals surface area contributed by atoms with Gasteiger partial charge in [-0.1, -0.05) is 6.92 Å². The number of hydrogen-bond acceptors (Lipinski definition) is 4. The van der Waals surface area contributed by atoms with E-state index in [0.29, 0.717) is 0 Å². The maximum atomic E-state index is 8.93. The highest BCUT2D eigenvalue weighted by molar-refractivity contribution is 7.13. The third-order valence-electron chi connectivity index (χ3n) is 2.17. The van der Waals surface area contributed by atoms with Crippen LogP contribution in [0.1, 0.15) is 18.2 Å². The van der Waals surface area contributed by atoms with Crippen molar-refractivity contribution < 1.29 is 9.84 Å². The van der Waals surface area contributed by atoms with Crippen LogP contribution in [0.2, 0.25) is 0 Å². The minimum Gasteiger partial charge on any atom is -0.487 e. The molecule has 0 aliphatic carbocycles. The van der Waals surface area contributed by atoms with Crippen molar-refractivity contribution in [2.75, 3.05) is 26.8 Å². The number of aliphatic hydroxyl groups is 1. The lowest BCUT2D eigenvalue weighted by Gasteiger charge is -2.19. The molecule has 1 rings (SSSR count). The SMILES string of the molecule is CCCN(CCO)Cc1ccc(OC)s1. The third-order valence-corrected chi connectivity index (χ3v) is 3.20. The van der Waals surface area contributed by atoms with Crippen molar-refractivity contribution in [3.05, 3.63) is 17.0 Å². The van der Waals surface area contributed by atoms with Crippen LogP contribution in [0, 0.1) is 0 Å². The Bertz CT molecular complexity index is 269. The molecule has 0 atom stereocenters. The van der Waals surface area contributed by atoms with Gasteiger partial charge in [0.25, 0.3) is 0 Å². The quantitative estimate of drug-likeness (QED) is 0.776. The lowest BCUT2D eigenvalue weighted by molar-refractivity contribution is 0.191. The minimum absolute atomic E-state index is 0.225. The minimum atomic E-state index is 0.225. The lowest BCUT2D eigenvalue weighted by Crippen LogP contribution is -2.26. The standard InChI is InChI=1S/C11H19NO2S/c1-3-6-12(7-8-13)9-10-4-5-11(14-2)15-10/h4-5,13H,3,6-9H2,1-2H3. The molecule has 0 saturated carbocycles. The second kappa shape index (κ2) is 6.82. The van der Waals surface area contributed by atoms with Gasteiger partial charge in [0, 0.05) is 18.0 Å². The van der Waals surface area contributed by atoms with Gasteiger partial charge in [-0.25, -0.2) is 0 Å². The summed E-state index contributed by atoms with van der Waals surface area (Å²) in [4.78, 5) is 3.54. The Balaban J connectivity index is 2.48. The summed E-state index contributed by atoms with van der Waals surface area (Å²) in [7, 11) is 1.69. The highest BCUT2D eigenvalue weighted by Crippen LogP contribution is 2.24. The van der Waals surface area contributed by atoms with Crippen LogP contribution in [0.4, 0.5) is 0 Å². The average molecular weight is 229 g/mol. The van der Waals surface area contributed by atoms with Gasteiger partial charge >= 0.3 is 0 Å². The summed E-state index contributed by atoms with van der Waals surface area (Å²) < 4.78 is 5.15. The van der Waals surface area contributed by atoms with Crippen molar-refractivity contribution in [3.63, 3.8) is 0 Å². The summed E-state index contributed by atoms with van der Waals surface area (Å²) in [5.41, 5.74) is 0. The summed E-state index contributed by atoms with van der Waals surface area (Å²) in [5, 5.41) is 9.88. The predicted octanol–water partition coefficient (Wildman–Crippen LogP) is 1.96. The number of hydrogen-bond donors (Lipinski definition) is 1. The van der Waals surface area contributed by atoms with E-state index in [-0.39, 0.29) is 6.61 Å². The van der Waals surface area contributed by atoms with Gasteiger partial charge in [-0.05, 0) is 25.1 Å². The van der Waals surface area contributed by atoms with Crippen LogP contribution in [0.5, 0.6) is 5.06 Å². The van der Waals surface area contributed by atoms with Crippen molar-refractivity contribution in [1.29, 1.82) is 0 Å². The number of ether oxygens (including phenoxy) is 1. The van der Waals surface area contributed by atoms with E-state index >= 15 is 0 Å². The summed E-state index contributed by atoms with van der Waals surface area (Å²) in [6.45, 7) is 5.05. The van der Waals surface area contributed by atoms with Gasteiger partial charge in [-0.15, -0.1) is 11.3 Å². The van der Waals surface area contributed by atoms with E-state index < -0.39 is 0 Å². The Hall–Kier alpha value is -0.580. The lowest BCUT2D eigenvalue weighted by atomic mass is 10.3. The topological polar surface area (TPSA) is 32.7 Å². The van der Waals surface area contributed by atoms with Crippen molar-refractivity contribution in [2.24, 2.45) is 0 Å². The molecule has 0 spiro atoms. The summed E-state index contributed by atoms with van der Waals surface area (Å²) in [6.07, 6.45) is 1.11. The van der Waals surface area contributed by atoms with Gasteiger partial charge < -0.3 is 9.84 Å². The molecule has 0 saturated heterocycles. The van der Waals surface area contributed by atoms with Crippen molar-refractivity contribution in [2.45, 2.75) is 19.9 Å². The van der Waals surface area contributed by atoms with Gasteiger partial charge in [0.1, 0.15) is 0 Å². The fourth-order valence-corrected chi connectivity index (χ4v) is 2.36. The van der Waals surface area contributed by atoms with Crippen LogP contribution >= 0.6 is 11.3 Å². The first-order valence-electron chi connectivity index (χ1n) is 5.26. The number of rotatable bonds is 7. The molecule has 0 aliphatic rings. The molecule has 1 heterocycles. The van der Waals surface area contributed by atoms with Gasteiger partial charge in [-0.2, -0.15) is 0 Å². The molecule has 1 aromatic rings. The van der Waals surface area contributed by atoms with E-state index in [1.54, 1.807) is 18.4 Å². The zero-order valence-electron chi connectivity index (χ0n) is 9.40. The molecule has 3 nitrogen and oxygen atoms in total. The Morgan fingerprint density at radius 1 is 1.40 bits per heavy atom. The Kier molecular flexibility index (Phi) is 5.68. The van der Waals surface area contributed by atoms with E-state index in [1.165, 1.54) is 4.88 Å². The predicted molar refractivity (Wildman–Crippen MR) is 63.5 cm³/mol. The smallest absolute Gasteiger partial charge is 0.173 e. The molecule has 1 aromatic heterocycles. The summed E-state index contributed by atoms with van der Waals surface area (Å²) in [6, 6.07) is 4.08. The normalized spacial score (nSPS) is 10.9. The molecule has 0 radical (unpaired) electrons. The highest BCUT2D eigenvalue weighted by atomic mass is 32.1. The van der Waals surface area contributed by atoms with Crippen molar-refractivity contribution in [1.82, 2.24) is 4.90 Å². The Labute approximate surface area is 95.3 Å². The molecule has 0 unspecified atom stereocenters. The van der Waals surface area contributed by atoms with Crippen LogP contribution in [0.3, 0.4) is 0 Å². The molecule has 0 aliphatic heterocycles. The first-order chi connectivity index (χ1) is 7.30. The molecular formula is C11H19NO2S. The Morgan fingerprint density at radius 2 is 2.20 bits per heavy atom. The van der Waals surface area contributed by atoms with E-state index in [2.05, 4.69) is 17.9 Å². The highest BCUT2D eigenvalue weighted by Gasteiger charge is 2.06. The fourth-order valence-electron chi connectivity index (χ4n) is 1.50. The maximum Gasteiger partial charge on any atom is 0.173 e. The van der Waals surface area contributed by atoms with E-state index in [4.69, 9.17) is 9.84 Å². The van der Waals surface area contributed by atoms with Crippen molar-refractivity contribution >= 4 is 11.3 Å². The molecule has 86 valence electrons. The van der Waals surface area contributed by atoms with Gasteiger partial charge in [0.2, 0.25) is 0 Å². The summed E-state index contributed by atoms with van der Waals surface area (Å²) >= 11 is 1.67. The van der Waals surface area contributed by atoms with Crippen LogP contribution in [-0.4, -0.2) is 36.8 Å². The molecule has 4 heteroatoms. The zero-order chi connectivity index (χ0) is 11.1. The monoisotopic (exact) mass is 229 g/mol. The third kappa shape index (κ3) is 4.20. The number of methoxy groups -OCH3 is 1. The Morgan fingerprint density at radius 3 is 2.73 bits per heavy atom. The van der Waals surface area contributed by atoms with Gasteiger partial charge in [0.05, 0.1) is 13.7 Å². The van der Waals surface area contributed by atoms with Gasteiger partial charge in [0.15, 0.2) is 5.06 Å². The van der Waals surface area contributed by atoms with Gasteiger partial charge in [-0.3, -0.25) is 4.90 Å². The molecule has 1 N–H and O–H groups in total. The van der Waals surface area contributed by atoms with Crippen LogP contribution in [0.25, 0.3) is 0 Å². The first-order valence-corrected chi connectivity index (χ1v) is 6.07. The maximum absolute atomic E-state index is 8.93. The number of thiophene rings is 1. The molecule has 15 heavy (non-hydrogen) atoms. The average Bonchev–Trinajstić information content (AvgIpc) is 2.66. The first kappa shape index (κ1) is 12.5. The molecule has 0 aromatic carbocycles. The molecule has 0 bridgehead atoms. The van der Waals surface area contributed by atoms with Crippen molar-refractivity contribution in [3.8, 4) is 5.06 Å². The summed E-state index contributed by atoms with van der Waals surface area (Å²) in [5.74, 6) is 0.